The Bertz CT molecular complexity index is 674. The Kier molecular flexibility index (Phi) is 4.27. The Labute approximate surface area is 120 Å². The second kappa shape index (κ2) is 6.13. The summed E-state index contributed by atoms with van der Waals surface area (Å²) in [5.41, 5.74) is 0.239. The number of hydrogen-bond acceptors (Lipinski definition) is 3. The molecule has 1 amide bonds. The Morgan fingerprint density at radius 1 is 1.24 bits per heavy atom. The normalized spacial score (nSPS) is 11.7. The minimum atomic E-state index is -0.965. The fourth-order valence-corrected chi connectivity index (χ4v) is 1.90. The molecule has 21 heavy (non-hydrogen) atoms. The monoisotopic (exact) mass is 288 g/mol. The van der Waals surface area contributed by atoms with Crippen LogP contribution in [-0.2, 0) is 0 Å². The van der Waals surface area contributed by atoms with Crippen LogP contribution in [-0.4, -0.2) is 10.8 Å². The zero-order valence-corrected chi connectivity index (χ0v) is 11.2. The molecule has 0 bridgehead atoms. The number of halogens is 1. The topological polar surface area (TPSA) is 72.2 Å². The molecular formula is C15H13FN2O3. The van der Waals surface area contributed by atoms with Gasteiger partial charge in [-0.25, -0.2) is 0 Å². The average Bonchev–Trinajstić information content (AvgIpc) is 2.48. The van der Waals surface area contributed by atoms with Gasteiger partial charge in [0.25, 0.3) is 5.91 Å². The van der Waals surface area contributed by atoms with Gasteiger partial charge in [0.1, 0.15) is 0 Å². The lowest BCUT2D eigenvalue weighted by Crippen LogP contribution is -2.26. The standard InChI is InChI=1S/C15H13FN2O3/c1-10(11-5-3-2-4-6-11)17-15(19)12-7-8-13(16)14(9-12)18(20)21/h2-10H,1H3,(H,17,19)/t10-/m1/s1. The molecule has 0 unspecified atom stereocenters. The molecule has 0 aliphatic rings. The number of nitrogens with zero attached hydrogens (tertiary/aromatic N) is 1. The molecule has 0 aliphatic heterocycles. The van der Waals surface area contributed by atoms with Crippen LogP contribution in [0.5, 0.6) is 0 Å². The minimum Gasteiger partial charge on any atom is -0.346 e. The van der Waals surface area contributed by atoms with E-state index in [-0.39, 0.29) is 11.6 Å². The molecule has 0 fully saturated rings. The third kappa shape index (κ3) is 3.42. The summed E-state index contributed by atoms with van der Waals surface area (Å²) in [7, 11) is 0. The molecule has 108 valence electrons. The molecule has 0 heterocycles. The van der Waals surface area contributed by atoms with Gasteiger partial charge in [-0.15, -0.1) is 0 Å². The van der Waals surface area contributed by atoms with Crippen LogP contribution in [0, 0.1) is 15.9 Å². The third-order valence-electron chi connectivity index (χ3n) is 3.05. The number of amides is 1. The Morgan fingerprint density at radius 2 is 1.90 bits per heavy atom. The number of carbonyl (C=O) groups excluding carboxylic acids is 1. The van der Waals surface area contributed by atoms with E-state index < -0.39 is 22.3 Å². The van der Waals surface area contributed by atoms with Crippen molar-refractivity contribution in [3.63, 3.8) is 0 Å². The van der Waals surface area contributed by atoms with Crippen molar-refractivity contribution in [1.29, 1.82) is 0 Å². The van der Waals surface area contributed by atoms with Crippen LogP contribution in [0.15, 0.2) is 48.5 Å². The van der Waals surface area contributed by atoms with E-state index in [0.717, 1.165) is 17.7 Å². The van der Waals surface area contributed by atoms with Crippen LogP contribution in [0.4, 0.5) is 10.1 Å². The van der Waals surface area contributed by atoms with E-state index >= 15 is 0 Å². The summed E-state index contributed by atoms with van der Waals surface area (Å²) in [5, 5.41) is 13.4. The highest BCUT2D eigenvalue weighted by atomic mass is 19.1. The van der Waals surface area contributed by atoms with Gasteiger partial charge < -0.3 is 5.32 Å². The summed E-state index contributed by atoms with van der Waals surface area (Å²) in [4.78, 5) is 21.9. The zero-order chi connectivity index (χ0) is 15.4. The van der Waals surface area contributed by atoms with E-state index in [9.17, 15) is 19.3 Å². The zero-order valence-electron chi connectivity index (χ0n) is 11.2. The lowest BCUT2D eigenvalue weighted by Gasteiger charge is -2.14. The fraction of sp³-hybridized carbons (Fsp3) is 0.133. The van der Waals surface area contributed by atoms with Crippen LogP contribution in [0.1, 0.15) is 28.9 Å². The maximum Gasteiger partial charge on any atom is 0.305 e. The van der Waals surface area contributed by atoms with E-state index in [1.807, 2.05) is 30.3 Å². The second-order valence-corrected chi connectivity index (χ2v) is 4.53. The number of hydrogen-bond donors (Lipinski definition) is 1. The Balaban J connectivity index is 2.17. The number of rotatable bonds is 4. The summed E-state index contributed by atoms with van der Waals surface area (Å²) < 4.78 is 13.2. The van der Waals surface area contributed by atoms with Crippen molar-refractivity contribution in [2.45, 2.75) is 13.0 Å². The van der Waals surface area contributed by atoms with Crippen molar-refractivity contribution < 1.29 is 14.1 Å². The maximum absolute atomic E-state index is 13.2. The first-order valence-electron chi connectivity index (χ1n) is 6.29. The van der Waals surface area contributed by atoms with Crippen molar-refractivity contribution >= 4 is 11.6 Å². The second-order valence-electron chi connectivity index (χ2n) is 4.53. The van der Waals surface area contributed by atoms with E-state index in [2.05, 4.69) is 5.32 Å². The molecule has 1 N–H and O–H groups in total. The van der Waals surface area contributed by atoms with Crippen molar-refractivity contribution in [1.82, 2.24) is 5.32 Å². The molecule has 5 nitrogen and oxygen atoms in total. The first-order valence-corrected chi connectivity index (χ1v) is 6.29. The van der Waals surface area contributed by atoms with Gasteiger partial charge in [0.05, 0.1) is 11.0 Å². The molecule has 0 spiro atoms. The predicted molar refractivity (Wildman–Crippen MR) is 75.4 cm³/mol. The largest absolute Gasteiger partial charge is 0.346 e. The number of benzene rings is 2. The van der Waals surface area contributed by atoms with Gasteiger partial charge in [-0.3, -0.25) is 14.9 Å². The molecule has 0 aromatic heterocycles. The lowest BCUT2D eigenvalue weighted by atomic mass is 10.1. The molecule has 0 aliphatic carbocycles. The van der Waals surface area contributed by atoms with Gasteiger partial charge in [-0.2, -0.15) is 4.39 Å². The summed E-state index contributed by atoms with van der Waals surface area (Å²) in [5.74, 6) is -1.46. The molecule has 1 atom stereocenters. The van der Waals surface area contributed by atoms with Crippen molar-refractivity contribution in [3.8, 4) is 0 Å². The van der Waals surface area contributed by atoms with Gasteiger partial charge in [-0.1, -0.05) is 30.3 Å². The lowest BCUT2D eigenvalue weighted by molar-refractivity contribution is -0.387. The quantitative estimate of drug-likeness (QED) is 0.693. The number of nitro groups is 1. The molecule has 0 saturated carbocycles. The summed E-state index contributed by atoms with van der Waals surface area (Å²) >= 11 is 0. The van der Waals surface area contributed by atoms with Crippen LogP contribution in [0.25, 0.3) is 0 Å². The van der Waals surface area contributed by atoms with Gasteiger partial charge in [0, 0.05) is 11.6 Å². The molecule has 2 aromatic rings. The third-order valence-corrected chi connectivity index (χ3v) is 3.05. The van der Waals surface area contributed by atoms with Crippen LogP contribution >= 0.6 is 0 Å². The molecular weight excluding hydrogens is 275 g/mol. The van der Waals surface area contributed by atoms with Crippen molar-refractivity contribution in [3.05, 3.63) is 75.6 Å². The van der Waals surface area contributed by atoms with E-state index in [1.165, 1.54) is 6.07 Å². The maximum atomic E-state index is 13.2. The van der Waals surface area contributed by atoms with Crippen LogP contribution < -0.4 is 5.32 Å². The highest BCUT2D eigenvalue weighted by molar-refractivity contribution is 5.95. The first-order chi connectivity index (χ1) is 9.99. The van der Waals surface area contributed by atoms with Gasteiger partial charge >= 0.3 is 5.69 Å². The SMILES string of the molecule is C[C@@H](NC(=O)c1ccc(F)c([N+](=O)[O-])c1)c1ccccc1. The Hall–Kier alpha value is -2.76. The minimum absolute atomic E-state index is 0.0471. The Morgan fingerprint density at radius 3 is 2.52 bits per heavy atom. The molecule has 2 rings (SSSR count). The van der Waals surface area contributed by atoms with Gasteiger partial charge in [0.2, 0.25) is 5.82 Å². The fourth-order valence-electron chi connectivity index (χ4n) is 1.90. The van der Waals surface area contributed by atoms with Gasteiger partial charge in [-0.05, 0) is 24.6 Å². The smallest absolute Gasteiger partial charge is 0.305 e. The molecule has 0 saturated heterocycles. The summed E-state index contributed by atoms with van der Waals surface area (Å²) in [6, 6.07) is 12.1. The van der Waals surface area contributed by atoms with Crippen molar-refractivity contribution in [2.24, 2.45) is 0 Å². The van der Waals surface area contributed by atoms with E-state index in [4.69, 9.17) is 0 Å². The molecule has 6 heteroatoms. The molecule has 0 radical (unpaired) electrons. The number of nitro benzene ring substituents is 1. The number of nitrogens with one attached hydrogen (secondary N) is 1. The highest BCUT2D eigenvalue weighted by Crippen LogP contribution is 2.19. The predicted octanol–water partition coefficient (Wildman–Crippen LogP) is 3.22. The summed E-state index contributed by atoms with van der Waals surface area (Å²) in [6.07, 6.45) is 0. The highest BCUT2D eigenvalue weighted by Gasteiger charge is 2.18. The first kappa shape index (κ1) is 14.6. The van der Waals surface area contributed by atoms with Crippen LogP contribution in [0.2, 0.25) is 0 Å². The van der Waals surface area contributed by atoms with Crippen LogP contribution in [0.3, 0.4) is 0 Å². The van der Waals surface area contributed by atoms with Crippen molar-refractivity contribution in [2.75, 3.05) is 0 Å². The molecule has 2 aromatic carbocycles. The number of carbonyl (C=O) groups is 1. The average molecular weight is 288 g/mol. The van der Waals surface area contributed by atoms with Gasteiger partial charge in [0.15, 0.2) is 0 Å². The van der Waals surface area contributed by atoms with E-state index in [0.29, 0.717) is 0 Å². The summed E-state index contributed by atoms with van der Waals surface area (Å²) in [6.45, 7) is 1.80. The van der Waals surface area contributed by atoms with E-state index in [1.54, 1.807) is 6.92 Å².